The number of hydrogen-bond donors (Lipinski definition) is 2. The summed E-state index contributed by atoms with van der Waals surface area (Å²) in [5.74, 6) is -0.150. The van der Waals surface area contributed by atoms with Crippen LogP contribution in [0.4, 0.5) is 5.69 Å². The molecule has 10 heteroatoms. The Morgan fingerprint density at radius 3 is 2.43 bits per heavy atom. The lowest BCUT2D eigenvalue weighted by Crippen LogP contribution is -2.38. The molecule has 0 spiro atoms. The number of hydrogen-bond acceptors (Lipinski definition) is 5. The number of nitrogens with one attached hydrogen (secondary N) is 2. The van der Waals surface area contributed by atoms with Crippen LogP contribution in [0.3, 0.4) is 0 Å². The standard InChI is InChI=1S/C18H20Cl2N2O5S/c1-12(10-26-2)21-18(23)11-27-17-8-7-15(9-16(17)20)28(24,25)22-14-5-3-13(19)4-6-14/h3-9,12,22H,10-11H2,1-2H3,(H,21,23)/t12-/m1/s1. The first kappa shape index (κ1) is 22.3. The third-order valence-corrected chi connectivity index (χ3v) is 5.42. The van der Waals surface area contributed by atoms with E-state index in [-0.39, 0.29) is 34.2 Å². The second kappa shape index (κ2) is 9.97. The van der Waals surface area contributed by atoms with Crippen LogP contribution in [-0.2, 0) is 19.6 Å². The van der Waals surface area contributed by atoms with Gasteiger partial charge in [-0.1, -0.05) is 23.2 Å². The molecule has 2 rings (SSSR count). The summed E-state index contributed by atoms with van der Waals surface area (Å²) in [5.41, 5.74) is 0.364. The van der Waals surface area contributed by atoms with Gasteiger partial charge in [0.15, 0.2) is 6.61 Å². The average molecular weight is 447 g/mol. The van der Waals surface area contributed by atoms with E-state index in [1.54, 1.807) is 31.2 Å². The first-order valence-electron chi connectivity index (χ1n) is 8.20. The van der Waals surface area contributed by atoms with Gasteiger partial charge in [0.05, 0.1) is 16.5 Å². The summed E-state index contributed by atoms with van der Waals surface area (Å²) in [5, 5.41) is 3.25. The van der Waals surface area contributed by atoms with Crippen LogP contribution in [0.5, 0.6) is 5.75 Å². The highest BCUT2D eigenvalue weighted by Gasteiger charge is 2.17. The molecule has 2 aromatic carbocycles. The van der Waals surface area contributed by atoms with Crippen LogP contribution in [0, 0.1) is 0 Å². The Labute approximate surface area is 174 Å². The molecule has 2 aromatic rings. The van der Waals surface area contributed by atoms with Crippen LogP contribution < -0.4 is 14.8 Å². The number of methoxy groups -OCH3 is 1. The van der Waals surface area contributed by atoms with Crippen LogP contribution >= 0.6 is 23.2 Å². The maximum atomic E-state index is 12.5. The van der Waals surface area contributed by atoms with Crippen molar-refractivity contribution >= 4 is 44.8 Å². The molecule has 0 unspecified atom stereocenters. The average Bonchev–Trinajstić information content (AvgIpc) is 2.62. The van der Waals surface area contributed by atoms with Crippen molar-refractivity contribution < 1.29 is 22.7 Å². The summed E-state index contributed by atoms with van der Waals surface area (Å²) in [6.07, 6.45) is 0. The molecular formula is C18H20Cl2N2O5S. The fraction of sp³-hybridized carbons (Fsp3) is 0.278. The van der Waals surface area contributed by atoms with E-state index in [1.165, 1.54) is 25.3 Å². The highest BCUT2D eigenvalue weighted by atomic mass is 35.5. The lowest BCUT2D eigenvalue weighted by Gasteiger charge is -2.14. The summed E-state index contributed by atoms with van der Waals surface area (Å²) >= 11 is 11.9. The van der Waals surface area contributed by atoms with Crippen molar-refractivity contribution in [3.63, 3.8) is 0 Å². The number of amides is 1. The van der Waals surface area contributed by atoms with Crippen molar-refractivity contribution in [2.75, 3.05) is 25.0 Å². The fourth-order valence-corrected chi connectivity index (χ4v) is 3.76. The number of rotatable bonds is 9. The number of carbonyl (C=O) groups is 1. The minimum absolute atomic E-state index is 0.0435. The third-order valence-electron chi connectivity index (χ3n) is 3.49. The normalized spacial score (nSPS) is 12.3. The second-order valence-electron chi connectivity index (χ2n) is 5.92. The summed E-state index contributed by atoms with van der Waals surface area (Å²) in [4.78, 5) is 11.8. The van der Waals surface area contributed by atoms with Crippen LogP contribution in [0.25, 0.3) is 0 Å². The highest BCUT2D eigenvalue weighted by Crippen LogP contribution is 2.28. The molecule has 1 amide bonds. The Morgan fingerprint density at radius 2 is 1.82 bits per heavy atom. The third kappa shape index (κ3) is 6.56. The molecule has 0 aliphatic heterocycles. The number of anilines is 1. The zero-order chi connectivity index (χ0) is 20.7. The Balaban J connectivity index is 2.02. The largest absolute Gasteiger partial charge is 0.482 e. The molecule has 0 aliphatic carbocycles. The smallest absolute Gasteiger partial charge is 0.261 e. The molecule has 0 aliphatic rings. The topological polar surface area (TPSA) is 93.7 Å². The van der Waals surface area contributed by atoms with Gasteiger partial charge in [-0.15, -0.1) is 0 Å². The van der Waals surface area contributed by atoms with Gasteiger partial charge in [0.25, 0.3) is 15.9 Å². The number of carbonyl (C=O) groups excluding carboxylic acids is 1. The number of benzene rings is 2. The first-order chi connectivity index (χ1) is 13.2. The van der Waals surface area contributed by atoms with Gasteiger partial charge in [-0.3, -0.25) is 9.52 Å². The van der Waals surface area contributed by atoms with Gasteiger partial charge >= 0.3 is 0 Å². The highest BCUT2D eigenvalue weighted by molar-refractivity contribution is 7.92. The molecule has 7 nitrogen and oxygen atoms in total. The number of sulfonamides is 1. The molecule has 152 valence electrons. The Morgan fingerprint density at radius 1 is 1.14 bits per heavy atom. The molecule has 0 fully saturated rings. The zero-order valence-electron chi connectivity index (χ0n) is 15.2. The maximum Gasteiger partial charge on any atom is 0.261 e. The Kier molecular flexibility index (Phi) is 7.94. The van der Waals surface area contributed by atoms with Crippen molar-refractivity contribution in [1.82, 2.24) is 5.32 Å². The minimum Gasteiger partial charge on any atom is -0.482 e. The van der Waals surface area contributed by atoms with Crippen LogP contribution in [0.1, 0.15) is 6.92 Å². The van der Waals surface area contributed by atoms with Crippen molar-refractivity contribution in [2.24, 2.45) is 0 Å². The van der Waals surface area contributed by atoms with Gasteiger partial charge in [0, 0.05) is 23.9 Å². The summed E-state index contributed by atoms with van der Waals surface area (Å²) in [6, 6.07) is 10.0. The molecule has 0 aromatic heterocycles. The first-order valence-corrected chi connectivity index (χ1v) is 10.4. The molecule has 0 saturated heterocycles. The van der Waals surface area contributed by atoms with Gasteiger partial charge < -0.3 is 14.8 Å². The van der Waals surface area contributed by atoms with E-state index in [2.05, 4.69) is 10.0 Å². The quantitative estimate of drug-likeness (QED) is 0.615. The van der Waals surface area contributed by atoms with E-state index in [9.17, 15) is 13.2 Å². The van der Waals surface area contributed by atoms with Crippen molar-refractivity contribution in [3.05, 3.63) is 52.5 Å². The van der Waals surface area contributed by atoms with Gasteiger partial charge in [-0.2, -0.15) is 0 Å². The molecule has 0 bridgehead atoms. The number of ether oxygens (including phenoxy) is 2. The van der Waals surface area contributed by atoms with Gasteiger partial charge in [-0.25, -0.2) is 8.42 Å². The van der Waals surface area contributed by atoms with E-state index >= 15 is 0 Å². The molecule has 28 heavy (non-hydrogen) atoms. The molecule has 0 radical (unpaired) electrons. The minimum atomic E-state index is -3.85. The zero-order valence-corrected chi connectivity index (χ0v) is 17.6. The van der Waals surface area contributed by atoms with Crippen LogP contribution in [0.2, 0.25) is 10.0 Å². The van der Waals surface area contributed by atoms with Gasteiger partial charge in [0.2, 0.25) is 0 Å². The van der Waals surface area contributed by atoms with Crippen LogP contribution in [0.15, 0.2) is 47.4 Å². The van der Waals surface area contributed by atoms with Gasteiger partial charge in [-0.05, 0) is 49.4 Å². The predicted octanol–water partition coefficient (Wildman–Crippen LogP) is 3.32. The van der Waals surface area contributed by atoms with Crippen molar-refractivity contribution in [3.8, 4) is 5.75 Å². The monoisotopic (exact) mass is 446 g/mol. The van der Waals surface area contributed by atoms with Crippen molar-refractivity contribution in [2.45, 2.75) is 17.9 Å². The van der Waals surface area contributed by atoms with Crippen LogP contribution in [-0.4, -0.2) is 40.7 Å². The summed E-state index contributed by atoms with van der Waals surface area (Å²) in [6.45, 7) is 1.91. The van der Waals surface area contributed by atoms with E-state index in [0.29, 0.717) is 17.3 Å². The summed E-state index contributed by atoms with van der Waals surface area (Å²) < 4.78 is 37.7. The van der Waals surface area contributed by atoms with E-state index in [4.69, 9.17) is 32.7 Å². The SMILES string of the molecule is COC[C@@H](C)NC(=O)COc1ccc(S(=O)(=O)Nc2ccc(Cl)cc2)cc1Cl. The fourth-order valence-electron chi connectivity index (χ4n) is 2.25. The summed E-state index contributed by atoms with van der Waals surface area (Å²) in [7, 11) is -2.31. The lowest BCUT2D eigenvalue weighted by atomic mass is 10.3. The second-order valence-corrected chi connectivity index (χ2v) is 8.44. The Hall–Kier alpha value is -2.00. The van der Waals surface area contributed by atoms with E-state index < -0.39 is 10.0 Å². The Bertz CT molecular complexity index is 920. The van der Waals surface area contributed by atoms with E-state index in [0.717, 1.165) is 0 Å². The maximum absolute atomic E-state index is 12.5. The molecular weight excluding hydrogens is 427 g/mol. The van der Waals surface area contributed by atoms with E-state index in [1.807, 2.05) is 0 Å². The predicted molar refractivity (Wildman–Crippen MR) is 109 cm³/mol. The molecule has 2 N–H and O–H groups in total. The lowest BCUT2D eigenvalue weighted by molar-refractivity contribution is -0.124. The molecule has 0 saturated carbocycles. The number of halogens is 2. The van der Waals surface area contributed by atoms with Gasteiger partial charge in [0.1, 0.15) is 5.75 Å². The molecule has 1 atom stereocenters. The van der Waals surface area contributed by atoms with Crippen molar-refractivity contribution in [1.29, 1.82) is 0 Å². The molecule has 0 heterocycles.